The molecule has 1 rings (SSSR count). The van der Waals surface area contributed by atoms with Crippen molar-refractivity contribution in [2.45, 2.75) is 13.3 Å². The van der Waals surface area contributed by atoms with Crippen LogP contribution in [-0.4, -0.2) is 37.5 Å². The first-order valence-corrected chi connectivity index (χ1v) is 5.83. The summed E-state index contributed by atoms with van der Waals surface area (Å²) in [6, 6.07) is 6.70. The van der Waals surface area contributed by atoms with E-state index in [1.165, 1.54) is 6.07 Å². The van der Waals surface area contributed by atoms with Crippen LogP contribution in [0.4, 0.5) is 4.39 Å². The topological polar surface area (TPSA) is 32.3 Å². The lowest BCUT2D eigenvalue weighted by molar-refractivity contribution is -0.128. The quantitative estimate of drug-likeness (QED) is 0.761. The van der Waals surface area contributed by atoms with Gasteiger partial charge in [-0.15, -0.1) is 0 Å². The maximum absolute atomic E-state index is 13.3. The number of amides is 1. The second kappa shape index (κ2) is 7.01. The van der Waals surface area contributed by atoms with Crippen molar-refractivity contribution in [1.82, 2.24) is 10.2 Å². The molecule has 0 fully saturated rings. The van der Waals surface area contributed by atoms with E-state index in [-0.39, 0.29) is 11.7 Å². The Morgan fingerprint density at radius 1 is 1.41 bits per heavy atom. The maximum Gasteiger partial charge on any atom is 0.236 e. The van der Waals surface area contributed by atoms with E-state index in [4.69, 9.17) is 0 Å². The number of nitrogens with one attached hydrogen (secondary N) is 1. The molecule has 0 unspecified atom stereocenters. The Morgan fingerprint density at radius 2 is 2.12 bits per heavy atom. The van der Waals surface area contributed by atoms with Gasteiger partial charge < -0.3 is 10.2 Å². The van der Waals surface area contributed by atoms with Gasteiger partial charge >= 0.3 is 0 Å². The fourth-order valence-corrected chi connectivity index (χ4v) is 1.43. The van der Waals surface area contributed by atoms with Crippen LogP contribution in [0.5, 0.6) is 0 Å². The molecule has 4 heteroatoms. The summed E-state index contributed by atoms with van der Waals surface area (Å²) in [6.07, 6.45) is 0.593. The monoisotopic (exact) mass is 238 g/mol. The van der Waals surface area contributed by atoms with Crippen molar-refractivity contribution in [3.63, 3.8) is 0 Å². The van der Waals surface area contributed by atoms with Crippen LogP contribution in [0.15, 0.2) is 24.3 Å². The molecule has 0 aliphatic rings. The normalized spacial score (nSPS) is 10.3. The summed E-state index contributed by atoms with van der Waals surface area (Å²) in [6.45, 7) is 3.54. The van der Waals surface area contributed by atoms with E-state index in [1.54, 1.807) is 24.1 Å². The zero-order chi connectivity index (χ0) is 12.7. The second-order valence-electron chi connectivity index (χ2n) is 3.93. The van der Waals surface area contributed by atoms with Crippen molar-refractivity contribution in [1.29, 1.82) is 0 Å². The fourth-order valence-electron chi connectivity index (χ4n) is 1.43. The van der Waals surface area contributed by atoms with Crippen molar-refractivity contribution < 1.29 is 9.18 Å². The molecule has 0 atom stereocenters. The predicted molar refractivity (Wildman–Crippen MR) is 66.3 cm³/mol. The zero-order valence-corrected chi connectivity index (χ0v) is 10.4. The summed E-state index contributed by atoms with van der Waals surface area (Å²) in [4.78, 5) is 13.1. The highest BCUT2D eigenvalue weighted by Gasteiger charge is 2.05. The largest absolute Gasteiger partial charge is 0.345 e. The Kier molecular flexibility index (Phi) is 5.63. The van der Waals surface area contributed by atoms with Crippen molar-refractivity contribution in [2.75, 3.05) is 26.7 Å². The maximum atomic E-state index is 13.3. The van der Waals surface area contributed by atoms with Gasteiger partial charge in [-0.05, 0) is 31.5 Å². The van der Waals surface area contributed by atoms with Crippen LogP contribution in [-0.2, 0) is 11.2 Å². The van der Waals surface area contributed by atoms with Gasteiger partial charge in [-0.25, -0.2) is 4.39 Å². The highest BCUT2D eigenvalue weighted by atomic mass is 19.1. The molecule has 0 radical (unpaired) electrons. The number of nitrogens with zero attached hydrogens (tertiary/aromatic N) is 1. The molecule has 0 saturated carbocycles. The van der Waals surface area contributed by atoms with Gasteiger partial charge in [-0.3, -0.25) is 4.79 Å². The van der Waals surface area contributed by atoms with Gasteiger partial charge in [0.15, 0.2) is 0 Å². The van der Waals surface area contributed by atoms with Gasteiger partial charge in [0.2, 0.25) is 5.91 Å². The van der Waals surface area contributed by atoms with Crippen LogP contribution in [0.3, 0.4) is 0 Å². The van der Waals surface area contributed by atoms with E-state index in [0.717, 1.165) is 0 Å². The summed E-state index contributed by atoms with van der Waals surface area (Å²) in [5.74, 6) is -0.132. The molecule has 3 nitrogen and oxygen atoms in total. The van der Waals surface area contributed by atoms with Crippen molar-refractivity contribution in [2.24, 2.45) is 0 Å². The highest BCUT2D eigenvalue weighted by Crippen LogP contribution is 2.05. The van der Waals surface area contributed by atoms with Gasteiger partial charge in [-0.1, -0.05) is 18.2 Å². The number of benzene rings is 1. The van der Waals surface area contributed by atoms with Crippen molar-refractivity contribution in [3.05, 3.63) is 35.6 Å². The Balaban J connectivity index is 2.25. The molecule has 1 aromatic rings. The fraction of sp³-hybridized carbons (Fsp3) is 0.462. The highest BCUT2D eigenvalue weighted by molar-refractivity contribution is 5.77. The number of halogens is 1. The van der Waals surface area contributed by atoms with Crippen LogP contribution in [0.25, 0.3) is 0 Å². The van der Waals surface area contributed by atoms with Crippen LogP contribution >= 0.6 is 0 Å². The minimum Gasteiger partial charge on any atom is -0.345 e. The third-order valence-electron chi connectivity index (χ3n) is 2.71. The van der Waals surface area contributed by atoms with Crippen LogP contribution in [0.2, 0.25) is 0 Å². The summed E-state index contributed by atoms with van der Waals surface area (Å²) in [5, 5.41) is 3.02. The molecule has 0 saturated heterocycles. The van der Waals surface area contributed by atoms with E-state index >= 15 is 0 Å². The van der Waals surface area contributed by atoms with E-state index in [1.807, 2.05) is 13.0 Å². The van der Waals surface area contributed by atoms with Crippen LogP contribution < -0.4 is 5.32 Å². The summed E-state index contributed by atoms with van der Waals surface area (Å²) in [7, 11) is 1.76. The second-order valence-corrected chi connectivity index (χ2v) is 3.93. The number of hydrogen-bond acceptors (Lipinski definition) is 2. The third kappa shape index (κ3) is 4.53. The Hall–Kier alpha value is -1.42. The zero-order valence-electron chi connectivity index (χ0n) is 10.4. The third-order valence-corrected chi connectivity index (χ3v) is 2.71. The van der Waals surface area contributed by atoms with E-state index in [0.29, 0.717) is 31.6 Å². The Morgan fingerprint density at radius 3 is 2.76 bits per heavy atom. The van der Waals surface area contributed by atoms with E-state index < -0.39 is 0 Å². The van der Waals surface area contributed by atoms with E-state index in [2.05, 4.69) is 5.32 Å². The van der Waals surface area contributed by atoms with Gasteiger partial charge in [0, 0.05) is 13.6 Å². The first kappa shape index (κ1) is 13.6. The van der Waals surface area contributed by atoms with Crippen molar-refractivity contribution >= 4 is 5.91 Å². The van der Waals surface area contributed by atoms with Crippen LogP contribution in [0.1, 0.15) is 12.5 Å². The lowest BCUT2D eigenvalue weighted by Gasteiger charge is -2.14. The minimum absolute atomic E-state index is 0.0565. The van der Waals surface area contributed by atoms with E-state index in [9.17, 15) is 9.18 Å². The molecule has 0 spiro atoms. The number of rotatable bonds is 6. The van der Waals surface area contributed by atoms with Gasteiger partial charge in [0.05, 0.1) is 6.54 Å². The van der Waals surface area contributed by atoms with Gasteiger partial charge in [-0.2, -0.15) is 0 Å². The van der Waals surface area contributed by atoms with Gasteiger partial charge in [0.1, 0.15) is 5.82 Å². The summed E-state index contributed by atoms with van der Waals surface area (Å²) in [5.41, 5.74) is 0.677. The minimum atomic E-state index is -0.189. The number of carbonyl (C=O) groups excluding carboxylic acids is 1. The number of hydrogen-bond donors (Lipinski definition) is 1. The molecule has 1 amide bonds. The molecule has 0 aliphatic carbocycles. The van der Waals surface area contributed by atoms with Crippen molar-refractivity contribution in [3.8, 4) is 0 Å². The van der Waals surface area contributed by atoms with Gasteiger partial charge in [0.25, 0.3) is 0 Å². The molecule has 1 N–H and O–H groups in total. The molecule has 17 heavy (non-hydrogen) atoms. The molecule has 0 aliphatic heterocycles. The molecule has 0 heterocycles. The standard InChI is InChI=1S/C13H19FN2O/c1-3-16(2)13(17)10-15-9-8-11-6-4-5-7-12(11)14/h4-7,15H,3,8-10H2,1-2H3. The summed E-state index contributed by atoms with van der Waals surface area (Å²) >= 11 is 0. The van der Waals surface area contributed by atoms with Crippen LogP contribution in [0, 0.1) is 5.82 Å². The molecule has 1 aromatic carbocycles. The number of carbonyl (C=O) groups is 1. The first-order chi connectivity index (χ1) is 8.15. The smallest absolute Gasteiger partial charge is 0.236 e. The predicted octanol–water partition coefficient (Wildman–Crippen LogP) is 1.44. The lowest BCUT2D eigenvalue weighted by Crippen LogP contribution is -2.36. The SMILES string of the molecule is CCN(C)C(=O)CNCCc1ccccc1F. The average Bonchev–Trinajstić information content (AvgIpc) is 2.35. The Bertz CT molecular complexity index is 368. The first-order valence-electron chi connectivity index (χ1n) is 5.83. The molecule has 0 bridgehead atoms. The number of likely N-dealkylation sites (N-methyl/N-ethyl adjacent to an activating group) is 1. The summed E-state index contributed by atoms with van der Waals surface area (Å²) < 4.78 is 13.3. The average molecular weight is 238 g/mol. The Labute approximate surface area is 102 Å². The molecular weight excluding hydrogens is 219 g/mol. The lowest BCUT2D eigenvalue weighted by atomic mass is 10.1. The molecular formula is C13H19FN2O. The molecule has 94 valence electrons. The molecule has 0 aromatic heterocycles.